The van der Waals surface area contributed by atoms with Crippen LogP contribution in [0.4, 0.5) is 0 Å². The number of carbonyl (C=O) groups excluding carboxylic acids is 1. The minimum Gasteiger partial charge on any atom is -0.481 e. The van der Waals surface area contributed by atoms with Crippen LogP contribution in [0.15, 0.2) is 46.9 Å². The highest BCUT2D eigenvalue weighted by Crippen LogP contribution is 2.35. The van der Waals surface area contributed by atoms with Gasteiger partial charge in [-0.15, -0.1) is 10.2 Å². The lowest BCUT2D eigenvalue weighted by molar-refractivity contribution is 0.0771. The zero-order valence-corrected chi connectivity index (χ0v) is 17.6. The van der Waals surface area contributed by atoms with E-state index in [9.17, 15) is 4.79 Å². The number of aromatic nitrogens is 3. The van der Waals surface area contributed by atoms with E-state index in [1.54, 1.807) is 24.1 Å². The Morgan fingerprint density at radius 3 is 2.58 bits per heavy atom. The van der Waals surface area contributed by atoms with E-state index in [2.05, 4.69) is 15.2 Å². The maximum Gasteiger partial charge on any atom is 0.259 e. The van der Waals surface area contributed by atoms with Crippen molar-refractivity contribution in [3.63, 3.8) is 0 Å². The van der Waals surface area contributed by atoms with E-state index in [0.717, 1.165) is 5.56 Å². The van der Waals surface area contributed by atoms with Crippen molar-refractivity contribution in [3.05, 3.63) is 53.9 Å². The highest BCUT2D eigenvalue weighted by molar-refractivity contribution is 5.96. The lowest BCUT2D eigenvalue weighted by Gasteiger charge is -2.17. The zero-order chi connectivity index (χ0) is 21.8. The number of hydrogen-bond acceptors (Lipinski definition) is 8. The molecule has 9 heteroatoms. The van der Waals surface area contributed by atoms with Crippen LogP contribution in [0.25, 0.3) is 11.5 Å². The Bertz CT molecular complexity index is 1040. The Kier molecular flexibility index (Phi) is 6.13. The van der Waals surface area contributed by atoms with Crippen LogP contribution in [0.3, 0.4) is 0 Å². The molecule has 0 bridgehead atoms. The first-order valence-electron chi connectivity index (χ1n) is 9.90. The Hall–Kier alpha value is -3.46. The minimum atomic E-state index is -0.182. The molecule has 9 nitrogen and oxygen atoms in total. The van der Waals surface area contributed by atoms with Gasteiger partial charge in [-0.1, -0.05) is 18.2 Å². The third-order valence-corrected chi connectivity index (χ3v) is 5.36. The maximum absolute atomic E-state index is 13.2. The molecule has 1 saturated heterocycles. The van der Waals surface area contributed by atoms with Crippen molar-refractivity contribution in [2.24, 2.45) is 5.92 Å². The van der Waals surface area contributed by atoms with E-state index in [1.807, 2.05) is 30.3 Å². The molecule has 0 radical (unpaired) electrons. The summed E-state index contributed by atoms with van der Waals surface area (Å²) in [6.07, 6.45) is 0. The second-order valence-corrected chi connectivity index (χ2v) is 7.25. The molecule has 1 fully saturated rings. The predicted octanol–water partition coefficient (Wildman–Crippen LogP) is 2.65. The number of ether oxygens (including phenoxy) is 3. The molecule has 4 rings (SSSR count). The highest BCUT2D eigenvalue weighted by Gasteiger charge is 2.40. The van der Waals surface area contributed by atoms with E-state index < -0.39 is 0 Å². The molecule has 1 aromatic carbocycles. The van der Waals surface area contributed by atoms with Gasteiger partial charge in [0.25, 0.3) is 5.91 Å². The average molecular weight is 424 g/mol. The number of nitrogens with zero attached hydrogens (tertiary/aromatic N) is 4. The lowest BCUT2D eigenvalue weighted by Crippen LogP contribution is -2.30. The third kappa shape index (κ3) is 4.22. The summed E-state index contributed by atoms with van der Waals surface area (Å²) >= 11 is 0. The van der Waals surface area contributed by atoms with Crippen LogP contribution in [-0.4, -0.2) is 67.0 Å². The molecule has 0 unspecified atom stereocenters. The van der Waals surface area contributed by atoms with E-state index in [-0.39, 0.29) is 23.6 Å². The fourth-order valence-electron chi connectivity index (χ4n) is 3.81. The van der Waals surface area contributed by atoms with Crippen LogP contribution >= 0.6 is 0 Å². The Balaban J connectivity index is 1.57. The van der Waals surface area contributed by atoms with E-state index in [1.165, 1.54) is 14.2 Å². The van der Waals surface area contributed by atoms with Gasteiger partial charge in [-0.3, -0.25) is 4.79 Å². The Morgan fingerprint density at radius 1 is 1.06 bits per heavy atom. The normalized spacial score (nSPS) is 18.2. The van der Waals surface area contributed by atoms with Crippen LogP contribution in [-0.2, 0) is 4.74 Å². The van der Waals surface area contributed by atoms with Gasteiger partial charge in [0.05, 0.1) is 26.7 Å². The quantitative estimate of drug-likeness (QED) is 0.571. The van der Waals surface area contributed by atoms with Crippen molar-refractivity contribution in [3.8, 4) is 23.2 Å². The number of rotatable bonds is 7. The van der Waals surface area contributed by atoms with Crippen molar-refractivity contribution in [2.45, 2.75) is 5.92 Å². The van der Waals surface area contributed by atoms with Gasteiger partial charge in [0, 0.05) is 37.7 Å². The van der Waals surface area contributed by atoms with Gasteiger partial charge in [0.1, 0.15) is 5.56 Å². The Labute approximate surface area is 180 Å². The van der Waals surface area contributed by atoms with Gasteiger partial charge in [0.15, 0.2) is 0 Å². The van der Waals surface area contributed by atoms with Crippen LogP contribution in [0.5, 0.6) is 11.8 Å². The van der Waals surface area contributed by atoms with Gasteiger partial charge in [0.2, 0.25) is 23.5 Å². The fourth-order valence-corrected chi connectivity index (χ4v) is 3.81. The molecule has 0 aliphatic carbocycles. The lowest BCUT2D eigenvalue weighted by atomic mass is 9.97. The fraction of sp³-hybridized carbons (Fsp3) is 0.364. The first kappa shape index (κ1) is 20.8. The summed E-state index contributed by atoms with van der Waals surface area (Å²) in [6, 6.07) is 12.9. The number of benzene rings is 1. The van der Waals surface area contributed by atoms with E-state index in [4.69, 9.17) is 18.6 Å². The molecule has 0 saturated carbocycles. The molecule has 0 N–H and O–H groups in total. The van der Waals surface area contributed by atoms with Gasteiger partial charge in [-0.2, -0.15) is 4.98 Å². The second-order valence-electron chi connectivity index (χ2n) is 7.25. The monoisotopic (exact) mass is 424 g/mol. The van der Waals surface area contributed by atoms with Gasteiger partial charge >= 0.3 is 0 Å². The molecule has 162 valence electrons. The van der Waals surface area contributed by atoms with Crippen LogP contribution in [0.1, 0.15) is 22.2 Å². The first-order chi connectivity index (χ1) is 15.1. The number of pyridine rings is 1. The molecule has 2 aromatic heterocycles. The van der Waals surface area contributed by atoms with E-state index >= 15 is 0 Å². The van der Waals surface area contributed by atoms with Crippen molar-refractivity contribution >= 4 is 5.91 Å². The SMILES string of the molecule is COC[C@@H]1CN(C(=O)c2ccc(OC)nc2OC)C[C@H]1c1nnc(-c2ccccc2)o1. The number of amides is 1. The molecule has 1 amide bonds. The van der Waals surface area contributed by atoms with Gasteiger partial charge < -0.3 is 23.5 Å². The predicted molar refractivity (Wildman–Crippen MR) is 111 cm³/mol. The Morgan fingerprint density at radius 2 is 1.87 bits per heavy atom. The van der Waals surface area contributed by atoms with Crippen molar-refractivity contribution in [1.29, 1.82) is 0 Å². The average Bonchev–Trinajstić information content (AvgIpc) is 3.46. The molecular formula is C22H24N4O5. The number of hydrogen-bond donors (Lipinski definition) is 0. The minimum absolute atomic E-state index is 0.0234. The number of methoxy groups -OCH3 is 3. The molecular weight excluding hydrogens is 400 g/mol. The highest BCUT2D eigenvalue weighted by atomic mass is 16.5. The summed E-state index contributed by atoms with van der Waals surface area (Å²) in [7, 11) is 4.63. The van der Waals surface area contributed by atoms with Gasteiger partial charge in [-0.25, -0.2) is 0 Å². The largest absolute Gasteiger partial charge is 0.481 e. The molecule has 0 spiro atoms. The number of carbonyl (C=O) groups is 1. The van der Waals surface area contributed by atoms with Crippen LogP contribution in [0, 0.1) is 5.92 Å². The molecule has 31 heavy (non-hydrogen) atoms. The van der Waals surface area contributed by atoms with Crippen molar-refractivity contribution in [1.82, 2.24) is 20.1 Å². The van der Waals surface area contributed by atoms with Gasteiger partial charge in [-0.05, 0) is 18.2 Å². The second kappa shape index (κ2) is 9.13. The maximum atomic E-state index is 13.2. The third-order valence-electron chi connectivity index (χ3n) is 5.36. The summed E-state index contributed by atoms with van der Waals surface area (Å²) in [4.78, 5) is 19.2. The van der Waals surface area contributed by atoms with Crippen molar-refractivity contribution < 1.29 is 23.4 Å². The molecule has 1 aliphatic rings. The molecule has 1 aliphatic heterocycles. The standard InChI is InChI=1S/C22H24N4O5/c1-28-13-15-11-26(22(27)16-9-10-18(29-2)23-20(16)30-3)12-17(15)21-25-24-19(31-21)14-7-5-4-6-8-14/h4-10,15,17H,11-13H2,1-3H3/t15-,17+/m0/s1. The molecule has 2 atom stereocenters. The van der Waals surface area contributed by atoms with Crippen LogP contribution < -0.4 is 9.47 Å². The van der Waals surface area contributed by atoms with Crippen molar-refractivity contribution in [2.75, 3.05) is 41.0 Å². The van der Waals surface area contributed by atoms with E-state index in [0.29, 0.717) is 42.9 Å². The zero-order valence-electron chi connectivity index (χ0n) is 17.6. The molecule has 3 heterocycles. The summed E-state index contributed by atoms with van der Waals surface area (Å²) < 4.78 is 21.8. The van der Waals surface area contributed by atoms with Crippen LogP contribution in [0.2, 0.25) is 0 Å². The topological polar surface area (TPSA) is 99.8 Å². The number of likely N-dealkylation sites (tertiary alicyclic amines) is 1. The summed E-state index contributed by atoms with van der Waals surface area (Å²) in [5.74, 6) is 1.26. The smallest absolute Gasteiger partial charge is 0.259 e. The molecule has 3 aromatic rings. The summed E-state index contributed by atoms with van der Waals surface area (Å²) in [5, 5.41) is 8.46. The summed E-state index contributed by atoms with van der Waals surface area (Å²) in [5.41, 5.74) is 1.22. The first-order valence-corrected chi connectivity index (χ1v) is 9.90. The summed E-state index contributed by atoms with van der Waals surface area (Å²) in [6.45, 7) is 1.39.